The number of hydrogen-bond donors (Lipinski definition) is 1. The number of nitrogens with one attached hydrogen (secondary N) is 1. The van der Waals surface area contributed by atoms with Gasteiger partial charge in [0.1, 0.15) is 6.26 Å². The zero-order chi connectivity index (χ0) is 12.2. The van der Waals surface area contributed by atoms with Crippen molar-refractivity contribution in [3.8, 4) is 0 Å². The van der Waals surface area contributed by atoms with Crippen LogP contribution in [0.1, 0.15) is 17.3 Å². The number of rotatable bonds is 3. The van der Waals surface area contributed by atoms with Gasteiger partial charge in [-0.3, -0.25) is 9.88 Å². The molecule has 1 unspecified atom stereocenters. The first kappa shape index (κ1) is 14.0. The molecule has 102 valence electrons. The fourth-order valence-corrected chi connectivity index (χ4v) is 2.36. The Morgan fingerprint density at radius 3 is 3.11 bits per heavy atom. The Labute approximate surface area is 118 Å². The zero-order valence-electron chi connectivity index (χ0n) is 10.5. The molecule has 0 bridgehead atoms. The molecule has 2 aromatic heterocycles. The predicted octanol–water partition coefficient (Wildman–Crippen LogP) is 1.64. The first-order valence-corrected chi connectivity index (χ1v) is 6.17. The second-order valence-corrected chi connectivity index (χ2v) is 4.47. The van der Waals surface area contributed by atoms with Crippen LogP contribution in [0, 0.1) is 0 Å². The Bertz CT molecular complexity index is 477. The molecule has 0 saturated carbocycles. The van der Waals surface area contributed by atoms with Crippen molar-refractivity contribution in [3.63, 3.8) is 0 Å². The first-order valence-electron chi connectivity index (χ1n) is 6.17. The summed E-state index contributed by atoms with van der Waals surface area (Å²) in [6.45, 7) is 3.78. The Hall–Kier alpha value is -1.43. The summed E-state index contributed by atoms with van der Waals surface area (Å²) in [6, 6.07) is 6.38. The molecule has 3 heterocycles. The van der Waals surface area contributed by atoms with Gasteiger partial charge in [0.15, 0.2) is 0 Å². The van der Waals surface area contributed by atoms with Gasteiger partial charge < -0.3 is 9.84 Å². The molecule has 6 heteroatoms. The summed E-state index contributed by atoms with van der Waals surface area (Å²) in [5.74, 6) is 0. The van der Waals surface area contributed by atoms with Crippen LogP contribution in [0.25, 0.3) is 0 Å². The van der Waals surface area contributed by atoms with E-state index >= 15 is 0 Å². The molecule has 2 aromatic rings. The van der Waals surface area contributed by atoms with E-state index in [0.717, 1.165) is 31.9 Å². The average molecular weight is 281 g/mol. The number of halogens is 1. The molecular weight excluding hydrogens is 264 g/mol. The van der Waals surface area contributed by atoms with Crippen LogP contribution in [0.2, 0.25) is 0 Å². The highest BCUT2D eigenvalue weighted by Crippen LogP contribution is 2.22. The minimum absolute atomic E-state index is 0. The van der Waals surface area contributed by atoms with Crippen molar-refractivity contribution in [2.24, 2.45) is 0 Å². The van der Waals surface area contributed by atoms with Crippen LogP contribution in [0.4, 0.5) is 0 Å². The lowest BCUT2D eigenvalue weighted by atomic mass is 10.1. The molecule has 1 aliphatic heterocycles. The lowest BCUT2D eigenvalue weighted by Crippen LogP contribution is -2.45. The average Bonchev–Trinajstić information content (AvgIpc) is 2.93. The Morgan fingerprint density at radius 2 is 2.37 bits per heavy atom. The second kappa shape index (κ2) is 6.65. The molecular formula is C13H17ClN4O. The fraction of sp³-hybridized carbons (Fsp3) is 0.385. The van der Waals surface area contributed by atoms with Gasteiger partial charge in [-0.1, -0.05) is 11.2 Å². The van der Waals surface area contributed by atoms with Gasteiger partial charge in [0.25, 0.3) is 0 Å². The van der Waals surface area contributed by atoms with Crippen molar-refractivity contribution in [1.29, 1.82) is 0 Å². The predicted molar refractivity (Wildman–Crippen MR) is 74.0 cm³/mol. The van der Waals surface area contributed by atoms with Gasteiger partial charge in [0.2, 0.25) is 0 Å². The number of hydrogen-bond acceptors (Lipinski definition) is 5. The maximum absolute atomic E-state index is 4.89. The van der Waals surface area contributed by atoms with Crippen molar-refractivity contribution in [1.82, 2.24) is 20.4 Å². The number of nitrogens with zero attached hydrogens (tertiary/aromatic N) is 3. The molecule has 1 atom stereocenters. The summed E-state index contributed by atoms with van der Waals surface area (Å²) in [7, 11) is 0. The first-order chi connectivity index (χ1) is 8.93. The van der Waals surface area contributed by atoms with Crippen molar-refractivity contribution < 1.29 is 4.52 Å². The zero-order valence-corrected chi connectivity index (χ0v) is 11.3. The van der Waals surface area contributed by atoms with E-state index < -0.39 is 0 Å². The van der Waals surface area contributed by atoms with Gasteiger partial charge in [0.05, 0.1) is 5.69 Å². The lowest BCUT2D eigenvalue weighted by molar-refractivity contribution is 0.149. The molecule has 1 fully saturated rings. The van der Waals surface area contributed by atoms with Crippen molar-refractivity contribution in [2.45, 2.75) is 12.6 Å². The molecule has 0 radical (unpaired) electrons. The van der Waals surface area contributed by atoms with E-state index in [1.807, 2.05) is 24.5 Å². The van der Waals surface area contributed by atoms with Gasteiger partial charge >= 0.3 is 0 Å². The van der Waals surface area contributed by atoms with E-state index in [-0.39, 0.29) is 12.4 Å². The van der Waals surface area contributed by atoms with Crippen molar-refractivity contribution >= 4 is 12.4 Å². The second-order valence-electron chi connectivity index (χ2n) is 4.47. The summed E-state index contributed by atoms with van der Waals surface area (Å²) in [4.78, 5) is 6.61. The SMILES string of the molecule is Cl.c1cncc(C2CNCCN2Cc2ccon2)c1. The largest absolute Gasteiger partial charge is 0.364 e. The Kier molecular flexibility index (Phi) is 4.90. The molecule has 0 aliphatic carbocycles. The van der Waals surface area contributed by atoms with Crippen LogP contribution < -0.4 is 5.32 Å². The van der Waals surface area contributed by atoms with Crippen LogP contribution in [0.15, 0.2) is 41.4 Å². The highest BCUT2D eigenvalue weighted by Gasteiger charge is 2.24. The smallest absolute Gasteiger partial charge is 0.124 e. The maximum atomic E-state index is 4.89. The van der Waals surface area contributed by atoms with E-state index in [4.69, 9.17) is 4.52 Å². The van der Waals surface area contributed by atoms with Crippen LogP contribution in [0.3, 0.4) is 0 Å². The highest BCUT2D eigenvalue weighted by atomic mass is 35.5. The summed E-state index contributed by atoms with van der Waals surface area (Å²) >= 11 is 0. The van der Waals surface area contributed by atoms with Crippen molar-refractivity contribution in [2.75, 3.05) is 19.6 Å². The monoisotopic (exact) mass is 280 g/mol. The highest BCUT2D eigenvalue weighted by molar-refractivity contribution is 5.85. The van der Waals surface area contributed by atoms with Crippen LogP contribution in [0.5, 0.6) is 0 Å². The van der Waals surface area contributed by atoms with E-state index in [2.05, 4.69) is 26.4 Å². The molecule has 0 aromatic carbocycles. The molecule has 1 N–H and O–H groups in total. The molecule has 3 rings (SSSR count). The molecule has 1 aliphatic rings. The molecule has 0 amide bonds. The van der Waals surface area contributed by atoms with Gasteiger partial charge in [-0.15, -0.1) is 12.4 Å². The van der Waals surface area contributed by atoms with E-state index in [9.17, 15) is 0 Å². The summed E-state index contributed by atoms with van der Waals surface area (Å²) in [5.41, 5.74) is 2.22. The topological polar surface area (TPSA) is 54.2 Å². The van der Waals surface area contributed by atoms with E-state index in [1.165, 1.54) is 5.56 Å². The van der Waals surface area contributed by atoms with E-state index in [1.54, 1.807) is 6.26 Å². The fourth-order valence-electron chi connectivity index (χ4n) is 2.36. The quantitative estimate of drug-likeness (QED) is 0.926. The maximum Gasteiger partial charge on any atom is 0.124 e. The van der Waals surface area contributed by atoms with Gasteiger partial charge in [-0.25, -0.2) is 0 Å². The number of pyridine rings is 1. The number of piperazine rings is 1. The minimum Gasteiger partial charge on any atom is -0.364 e. The third-order valence-electron chi connectivity index (χ3n) is 3.28. The lowest BCUT2D eigenvalue weighted by Gasteiger charge is -2.35. The standard InChI is InChI=1S/C13H16N4O.ClH/c1-2-11(8-14-4-1)13-9-15-5-6-17(13)10-12-3-7-18-16-12;/h1-4,7-8,13,15H,5-6,9-10H2;1H. The number of aromatic nitrogens is 2. The summed E-state index contributed by atoms with van der Waals surface area (Å²) in [5, 5.41) is 7.42. The molecule has 19 heavy (non-hydrogen) atoms. The summed E-state index contributed by atoms with van der Waals surface area (Å²) in [6.07, 6.45) is 5.37. The van der Waals surface area contributed by atoms with Crippen LogP contribution in [-0.4, -0.2) is 34.7 Å². The van der Waals surface area contributed by atoms with E-state index in [0.29, 0.717) is 6.04 Å². The molecule has 1 saturated heterocycles. The van der Waals surface area contributed by atoms with Gasteiger partial charge in [-0.2, -0.15) is 0 Å². The van der Waals surface area contributed by atoms with Crippen LogP contribution in [-0.2, 0) is 6.54 Å². The third-order valence-corrected chi connectivity index (χ3v) is 3.28. The summed E-state index contributed by atoms with van der Waals surface area (Å²) < 4.78 is 4.89. The minimum atomic E-state index is 0. The van der Waals surface area contributed by atoms with Crippen molar-refractivity contribution in [3.05, 3.63) is 48.1 Å². The van der Waals surface area contributed by atoms with Gasteiger partial charge in [-0.05, 0) is 11.6 Å². The normalized spacial score (nSPS) is 19.9. The third kappa shape index (κ3) is 3.32. The van der Waals surface area contributed by atoms with Crippen LogP contribution >= 0.6 is 12.4 Å². The molecule has 0 spiro atoms. The van der Waals surface area contributed by atoms with Gasteiger partial charge in [0, 0.05) is 50.7 Å². The Balaban J connectivity index is 0.00000133. The molecule has 5 nitrogen and oxygen atoms in total. The Morgan fingerprint density at radius 1 is 1.42 bits per heavy atom.